The number of H-pyrrole nitrogens is 1. The number of benzene rings is 2. The van der Waals surface area contributed by atoms with Gasteiger partial charge in [-0.15, -0.1) is 20.3 Å². The number of hydrogen-bond donors (Lipinski definition) is 3. The number of esters is 1. The molecule has 1 amide bonds. The lowest BCUT2D eigenvalue weighted by atomic mass is 9.98. The molecule has 0 bridgehead atoms. The van der Waals surface area contributed by atoms with Crippen LogP contribution < -0.4 is 5.32 Å². The monoisotopic (exact) mass is 684 g/mol. The van der Waals surface area contributed by atoms with E-state index in [4.69, 9.17) is 21.1 Å². The van der Waals surface area contributed by atoms with E-state index in [2.05, 4.69) is 30.4 Å². The van der Waals surface area contributed by atoms with Crippen LogP contribution in [0, 0.1) is 10.1 Å². The van der Waals surface area contributed by atoms with Gasteiger partial charge in [0, 0.05) is 18.5 Å². The van der Waals surface area contributed by atoms with Gasteiger partial charge in [0.1, 0.15) is 12.4 Å². The van der Waals surface area contributed by atoms with Gasteiger partial charge in [0.15, 0.2) is 5.15 Å². The normalized spacial score (nSPS) is 11.5. The number of hydrogen-bond acceptors (Lipinski definition) is 12. The molecule has 1 unspecified atom stereocenters. The van der Waals surface area contributed by atoms with E-state index in [1.165, 1.54) is 0 Å². The molecule has 0 aliphatic rings. The molecular formula is C30H33ClN8O9. The summed E-state index contributed by atoms with van der Waals surface area (Å²) in [5.74, 6) is -1.74. The van der Waals surface area contributed by atoms with Crippen LogP contribution in [0.15, 0.2) is 48.5 Å². The number of aromatic nitrogens is 6. The fourth-order valence-corrected chi connectivity index (χ4v) is 4.90. The highest BCUT2D eigenvalue weighted by molar-refractivity contribution is 6.30. The molecular weight excluding hydrogens is 652 g/mol. The van der Waals surface area contributed by atoms with Gasteiger partial charge < -0.3 is 24.0 Å². The summed E-state index contributed by atoms with van der Waals surface area (Å²) in [5.41, 5.74) is 3.97. The number of carbonyl (C=O) groups excluding carboxylic acids is 2. The Bertz CT molecular complexity index is 1700. The number of imidazole rings is 1. The van der Waals surface area contributed by atoms with Gasteiger partial charge >= 0.3 is 18.0 Å². The molecule has 4 rings (SSSR count). The van der Waals surface area contributed by atoms with Gasteiger partial charge in [0.25, 0.3) is 5.09 Å². The van der Waals surface area contributed by atoms with Gasteiger partial charge in [-0.05, 0) is 41.2 Å². The molecule has 4 aromatic rings. The Balaban J connectivity index is 1.42. The van der Waals surface area contributed by atoms with Crippen LogP contribution in [0.25, 0.3) is 22.5 Å². The molecule has 0 fully saturated rings. The number of aryl methyl sites for hydroxylation is 1. The molecule has 0 radical (unpaired) electrons. The molecule has 0 aliphatic carbocycles. The zero-order chi connectivity index (χ0) is 34.5. The molecule has 1 atom stereocenters. The summed E-state index contributed by atoms with van der Waals surface area (Å²) in [6, 6.07) is 13.5. The summed E-state index contributed by atoms with van der Waals surface area (Å²) in [5, 5.41) is 35.1. The number of carboxylic acid groups (broad SMARTS) is 1. The second kappa shape index (κ2) is 17.4. The molecule has 48 heavy (non-hydrogen) atoms. The first-order chi connectivity index (χ1) is 23.2. The Kier molecular flexibility index (Phi) is 12.8. The number of carboxylic acids is 1. The highest BCUT2D eigenvalue weighted by Gasteiger charge is 2.31. The molecule has 2 aromatic carbocycles. The fourth-order valence-electron chi connectivity index (χ4n) is 4.65. The van der Waals surface area contributed by atoms with Crippen molar-refractivity contribution in [1.29, 1.82) is 0 Å². The molecule has 0 saturated carbocycles. The Morgan fingerprint density at radius 2 is 1.79 bits per heavy atom. The maximum absolute atomic E-state index is 12.6. The van der Waals surface area contributed by atoms with Crippen LogP contribution in [0.1, 0.15) is 49.7 Å². The lowest BCUT2D eigenvalue weighted by Gasteiger charge is -2.16. The Labute approximate surface area is 278 Å². The van der Waals surface area contributed by atoms with Gasteiger partial charge in [-0.1, -0.05) is 73.5 Å². The molecule has 254 valence electrons. The first-order valence-corrected chi connectivity index (χ1v) is 15.3. The number of tetrazole rings is 1. The van der Waals surface area contributed by atoms with Crippen LogP contribution in [0.3, 0.4) is 0 Å². The van der Waals surface area contributed by atoms with Crippen molar-refractivity contribution < 1.29 is 38.9 Å². The third-order valence-corrected chi connectivity index (χ3v) is 7.34. The molecule has 0 spiro atoms. The lowest BCUT2D eigenvalue weighted by molar-refractivity contribution is -0.757. The fraction of sp³-hybridized carbons (Fsp3) is 0.367. The van der Waals surface area contributed by atoms with Crippen LogP contribution in [0.4, 0.5) is 4.79 Å². The number of unbranched alkanes of at least 4 members (excludes halogenated alkanes) is 2. The van der Waals surface area contributed by atoms with E-state index in [9.17, 15) is 29.6 Å². The maximum Gasteiger partial charge on any atom is 0.408 e. The largest absolute Gasteiger partial charge is 0.479 e. The van der Waals surface area contributed by atoms with Gasteiger partial charge in [-0.25, -0.2) is 19.4 Å². The van der Waals surface area contributed by atoms with Crippen LogP contribution in [-0.4, -0.2) is 77.7 Å². The molecule has 2 heterocycles. The van der Waals surface area contributed by atoms with E-state index < -0.39 is 29.2 Å². The van der Waals surface area contributed by atoms with Crippen molar-refractivity contribution in [2.45, 2.75) is 58.2 Å². The van der Waals surface area contributed by atoms with Gasteiger partial charge in [0.05, 0.1) is 18.9 Å². The average Bonchev–Trinajstić information content (AvgIpc) is 3.71. The maximum atomic E-state index is 12.6. The summed E-state index contributed by atoms with van der Waals surface area (Å²) < 4.78 is 12.0. The number of nitrogens with zero attached hydrogens (tertiary/aromatic N) is 6. The lowest BCUT2D eigenvalue weighted by Crippen LogP contribution is -2.47. The topological polar surface area (TPSA) is 227 Å². The molecule has 17 nitrogen and oxygen atoms in total. The average molecular weight is 685 g/mol. The van der Waals surface area contributed by atoms with E-state index in [0.717, 1.165) is 35.1 Å². The van der Waals surface area contributed by atoms with E-state index in [1.807, 2.05) is 65.3 Å². The second-order valence-corrected chi connectivity index (χ2v) is 10.7. The van der Waals surface area contributed by atoms with Crippen LogP contribution in [-0.2, 0) is 43.5 Å². The molecule has 18 heteroatoms. The smallest absolute Gasteiger partial charge is 0.408 e. The molecule has 3 N–H and O–H groups in total. The van der Waals surface area contributed by atoms with Gasteiger partial charge in [0.2, 0.25) is 11.9 Å². The minimum Gasteiger partial charge on any atom is -0.479 e. The second-order valence-electron chi connectivity index (χ2n) is 10.4. The number of nitrogens with one attached hydrogen (secondary N) is 2. The summed E-state index contributed by atoms with van der Waals surface area (Å²) in [6.07, 6.45) is 1.54. The Hall–Kier alpha value is -5.58. The summed E-state index contributed by atoms with van der Waals surface area (Å²) in [6.45, 7) is 1.59. The van der Waals surface area contributed by atoms with Crippen molar-refractivity contribution >= 4 is 29.6 Å². The first kappa shape index (κ1) is 35.3. The number of alkyl carbamates (subject to hydrolysis) is 1. The van der Waals surface area contributed by atoms with Crippen molar-refractivity contribution in [3.05, 3.63) is 80.9 Å². The number of aromatic amines is 1. The number of aliphatic carboxylic acids is 1. The highest BCUT2D eigenvalue weighted by atomic mass is 35.5. The Morgan fingerprint density at radius 3 is 2.46 bits per heavy atom. The van der Waals surface area contributed by atoms with E-state index in [1.54, 1.807) is 0 Å². The highest BCUT2D eigenvalue weighted by Crippen LogP contribution is 2.30. The van der Waals surface area contributed by atoms with Gasteiger partial charge in [-0.2, -0.15) is 5.21 Å². The quantitative estimate of drug-likeness (QED) is 0.0443. The number of carbonyl (C=O) groups is 3. The van der Waals surface area contributed by atoms with Crippen molar-refractivity contribution in [3.8, 4) is 22.5 Å². The van der Waals surface area contributed by atoms with E-state index >= 15 is 0 Å². The first-order valence-electron chi connectivity index (χ1n) is 14.9. The van der Waals surface area contributed by atoms with Crippen LogP contribution in [0.2, 0.25) is 5.15 Å². The van der Waals surface area contributed by atoms with E-state index in [-0.39, 0.29) is 37.8 Å². The zero-order valence-electron chi connectivity index (χ0n) is 25.8. The number of ether oxygens (including phenoxy) is 2. The summed E-state index contributed by atoms with van der Waals surface area (Å²) >= 11 is 6.49. The van der Waals surface area contributed by atoms with Crippen LogP contribution in [0.5, 0.6) is 0 Å². The predicted molar refractivity (Wildman–Crippen MR) is 168 cm³/mol. The minimum absolute atomic E-state index is 0.120. The predicted octanol–water partition coefficient (Wildman–Crippen LogP) is 3.99. The third kappa shape index (κ3) is 9.71. The zero-order valence-corrected chi connectivity index (χ0v) is 26.6. The van der Waals surface area contributed by atoms with Crippen molar-refractivity contribution in [2.75, 3.05) is 13.2 Å². The summed E-state index contributed by atoms with van der Waals surface area (Å²) in [4.78, 5) is 55.3. The van der Waals surface area contributed by atoms with Crippen molar-refractivity contribution in [2.24, 2.45) is 0 Å². The summed E-state index contributed by atoms with van der Waals surface area (Å²) in [7, 11) is 0. The van der Waals surface area contributed by atoms with E-state index in [0.29, 0.717) is 30.3 Å². The van der Waals surface area contributed by atoms with Crippen LogP contribution >= 0.6 is 11.6 Å². The van der Waals surface area contributed by atoms with Gasteiger partial charge in [-0.3, -0.25) is 5.32 Å². The van der Waals surface area contributed by atoms with Crippen molar-refractivity contribution in [1.82, 2.24) is 35.5 Å². The minimum atomic E-state index is -2.04. The molecule has 0 aliphatic heterocycles. The number of rotatable bonds is 18. The molecule has 0 saturated heterocycles. The van der Waals surface area contributed by atoms with Crippen molar-refractivity contribution in [3.63, 3.8) is 0 Å². The number of amides is 1. The Morgan fingerprint density at radius 1 is 1.06 bits per heavy atom. The molecule has 2 aromatic heterocycles. The third-order valence-electron chi connectivity index (χ3n) is 7.04. The standard InChI is InChI=1S/C30H33ClN8O9/c1-2-3-10-24-32-26(31)23(18-47-30(43)33-25(28(40)41)29(42)46-15-6-7-16-48-39(44)45)38(24)17-19-11-13-20(14-12-19)21-8-4-5-9-22(21)27-34-36-37-35-27/h4-5,8-9,11-14,25H,2-3,6-7,10,15-18H2,1H3,(H,33,43)(H,40,41)(H,34,35,36,37). The number of halogens is 1. The SMILES string of the molecule is CCCCc1nc(Cl)c(COC(=O)NC(C(=O)O)C(=O)OCCCCO[N+](=O)[O-])n1Cc1ccc(-c2ccccc2-c2nn[nH]n2)cc1.